The highest BCUT2D eigenvalue weighted by Gasteiger charge is 2.24. The van der Waals surface area contributed by atoms with Gasteiger partial charge in [0, 0.05) is 11.9 Å². The number of hydrogen-bond donors (Lipinski definition) is 2. The van der Waals surface area contributed by atoms with Crippen LogP contribution in [-0.2, 0) is 20.1 Å². The molecule has 0 aliphatic rings. The van der Waals surface area contributed by atoms with Gasteiger partial charge in [-0.25, -0.2) is 8.42 Å². The SMILES string of the molecule is O=C(Nc1ccc(S(=O)(=O)Nc2ccccc2S(=O)(=O)Oc2ccccc2)cc1)c1ccccn1. The fourth-order valence-electron chi connectivity index (χ4n) is 3.03. The first-order valence-electron chi connectivity index (χ1n) is 10.2. The van der Waals surface area contributed by atoms with Gasteiger partial charge in [-0.05, 0) is 60.7 Å². The Hall–Kier alpha value is -4.22. The number of carbonyl (C=O) groups is 1. The molecule has 0 saturated carbocycles. The topological polar surface area (TPSA) is 132 Å². The van der Waals surface area contributed by atoms with Crippen LogP contribution < -0.4 is 14.2 Å². The minimum absolute atomic E-state index is 0.0912. The first-order chi connectivity index (χ1) is 16.7. The molecule has 1 aromatic heterocycles. The molecule has 0 aliphatic carbocycles. The van der Waals surface area contributed by atoms with Crippen molar-refractivity contribution in [3.8, 4) is 5.75 Å². The molecule has 1 amide bonds. The zero-order valence-corrected chi connectivity index (χ0v) is 19.7. The second-order valence-corrected chi connectivity index (χ2v) is 10.3. The fraction of sp³-hybridized carbons (Fsp3) is 0. The lowest BCUT2D eigenvalue weighted by Crippen LogP contribution is -2.18. The number of nitrogens with one attached hydrogen (secondary N) is 2. The van der Waals surface area contributed by atoms with Crippen LogP contribution in [-0.4, -0.2) is 27.7 Å². The summed E-state index contributed by atoms with van der Waals surface area (Å²) in [5, 5.41) is 2.63. The normalized spacial score (nSPS) is 11.4. The van der Waals surface area contributed by atoms with Gasteiger partial charge in [0.05, 0.1) is 10.6 Å². The lowest BCUT2D eigenvalue weighted by Gasteiger charge is -2.14. The van der Waals surface area contributed by atoms with Gasteiger partial charge in [-0.15, -0.1) is 0 Å². The third kappa shape index (κ3) is 5.83. The molecule has 35 heavy (non-hydrogen) atoms. The van der Waals surface area contributed by atoms with Crippen molar-refractivity contribution in [3.63, 3.8) is 0 Å². The third-order valence-electron chi connectivity index (χ3n) is 4.67. The molecular weight excluding hydrogens is 490 g/mol. The predicted octanol–water partition coefficient (Wildman–Crippen LogP) is 3.90. The molecule has 0 unspecified atom stereocenters. The number of nitrogens with zero attached hydrogens (tertiary/aromatic N) is 1. The molecule has 0 spiro atoms. The number of benzene rings is 3. The molecule has 0 bridgehead atoms. The Morgan fingerprint density at radius 3 is 2.09 bits per heavy atom. The smallest absolute Gasteiger partial charge is 0.341 e. The lowest BCUT2D eigenvalue weighted by molar-refractivity contribution is 0.102. The second kappa shape index (κ2) is 9.95. The Kier molecular flexibility index (Phi) is 6.80. The highest BCUT2D eigenvalue weighted by molar-refractivity contribution is 7.93. The number of aromatic nitrogens is 1. The largest absolute Gasteiger partial charge is 0.379 e. The molecule has 178 valence electrons. The van der Waals surface area contributed by atoms with Crippen molar-refractivity contribution >= 4 is 37.4 Å². The summed E-state index contributed by atoms with van der Waals surface area (Å²) >= 11 is 0. The summed E-state index contributed by atoms with van der Waals surface area (Å²) in [6, 6.07) is 23.7. The van der Waals surface area contributed by atoms with Crippen molar-refractivity contribution in [2.24, 2.45) is 0 Å². The van der Waals surface area contributed by atoms with E-state index in [2.05, 4.69) is 15.0 Å². The highest BCUT2D eigenvalue weighted by atomic mass is 32.2. The van der Waals surface area contributed by atoms with Gasteiger partial charge in [-0.1, -0.05) is 36.4 Å². The zero-order valence-electron chi connectivity index (χ0n) is 18.0. The predicted molar refractivity (Wildman–Crippen MR) is 130 cm³/mol. The number of amides is 1. The molecule has 4 rings (SSSR count). The van der Waals surface area contributed by atoms with Crippen LogP contribution in [0.15, 0.2) is 113 Å². The number of rotatable bonds is 8. The van der Waals surface area contributed by atoms with Crippen LogP contribution in [0.2, 0.25) is 0 Å². The zero-order chi connectivity index (χ0) is 24.9. The molecule has 11 heteroatoms. The Balaban J connectivity index is 1.53. The standard InChI is InChI=1S/C24H19N3O6S2/c28-24(22-11-6-7-17-25-22)26-18-13-15-20(16-14-18)34(29,30)27-21-10-4-5-12-23(21)35(31,32)33-19-8-2-1-3-9-19/h1-17,27H,(H,26,28). The molecule has 3 aromatic carbocycles. The van der Waals surface area contributed by atoms with E-state index in [-0.39, 0.29) is 26.9 Å². The van der Waals surface area contributed by atoms with Crippen molar-refractivity contribution in [1.82, 2.24) is 4.98 Å². The van der Waals surface area contributed by atoms with Gasteiger partial charge >= 0.3 is 10.1 Å². The van der Waals surface area contributed by atoms with E-state index in [9.17, 15) is 21.6 Å². The third-order valence-corrected chi connectivity index (χ3v) is 7.36. The van der Waals surface area contributed by atoms with E-state index in [0.717, 1.165) is 0 Å². The maximum Gasteiger partial charge on any atom is 0.341 e. The average Bonchev–Trinajstić information content (AvgIpc) is 2.85. The van der Waals surface area contributed by atoms with E-state index in [1.165, 1.54) is 66.9 Å². The summed E-state index contributed by atoms with van der Waals surface area (Å²) in [4.78, 5) is 15.7. The maximum absolute atomic E-state index is 12.9. The van der Waals surface area contributed by atoms with Crippen molar-refractivity contribution < 1.29 is 25.8 Å². The average molecular weight is 510 g/mol. The van der Waals surface area contributed by atoms with E-state index in [1.54, 1.807) is 36.4 Å². The number of carbonyl (C=O) groups excluding carboxylic acids is 1. The minimum atomic E-state index is -4.33. The number of anilines is 2. The van der Waals surface area contributed by atoms with E-state index >= 15 is 0 Å². The van der Waals surface area contributed by atoms with Gasteiger partial charge in [0.2, 0.25) is 0 Å². The summed E-state index contributed by atoms with van der Waals surface area (Å²) < 4.78 is 58.9. The molecular formula is C24H19N3O6S2. The van der Waals surface area contributed by atoms with Gasteiger partial charge in [-0.2, -0.15) is 8.42 Å². The van der Waals surface area contributed by atoms with Crippen LogP contribution in [0, 0.1) is 0 Å². The van der Waals surface area contributed by atoms with E-state index in [4.69, 9.17) is 4.18 Å². The molecule has 0 radical (unpaired) electrons. The fourth-order valence-corrected chi connectivity index (χ4v) is 5.26. The van der Waals surface area contributed by atoms with E-state index in [0.29, 0.717) is 5.69 Å². The Labute approximate surface area is 202 Å². The van der Waals surface area contributed by atoms with E-state index < -0.39 is 26.0 Å². The Morgan fingerprint density at radius 1 is 0.743 bits per heavy atom. The number of para-hydroxylation sites is 2. The van der Waals surface area contributed by atoms with Gasteiger partial charge < -0.3 is 9.50 Å². The maximum atomic E-state index is 12.9. The quantitative estimate of drug-likeness (QED) is 0.344. The van der Waals surface area contributed by atoms with Crippen LogP contribution in [0.5, 0.6) is 5.75 Å². The van der Waals surface area contributed by atoms with Crippen LogP contribution in [0.4, 0.5) is 11.4 Å². The van der Waals surface area contributed by atoms with Crippen molar-refractivity contribution in [2.45, 2.75) is 9.79 Å². The highest BCUT2D eigenvalue weighted by Crippen LogP contribution is 2.27. The Bertz CT molecular complexity index is 1540. The number of pyridine rings is 1. The van der Waals surface area contributed by atoms with E-state index in [1.807, 2.05) is 0 Å². The second-order valence-electron chi connectivity index (χ2n) is 7.15. The van der Waals surface area contributed by atoms with Gasteiger partial charge in [0.25, 0.3) is 15.9 Å². The van der Waals surface area contributed by atoms with Gasteiger partial charge in [-0.3, -0.25) is 14.5 Å². The number of sulfonamides is 1. The monoisotopic (exact) mass is 509 g/mol. The first-order valence-corrected chi connectivity index (χ1v) is 13.1. The van der Waals surface area contributed by atoms with Gasteiger partial charge in [0.15, 0.2) is 0 Å². The molecule has 2 N–H and O–H groups in total. The molecule has 4 aromatic rings. The molecule has 0 fully saturated rings. The van der Waals surface area contributed by atoms with Crippen LogP contribution in [0.1, 0.15) is 10.5 Å². The number of hydrogen-bond acceptors (Lipinski definition) is 7. The van der Waals surface area contributed by atoms with Crippen LogP contribution in [0.3, 0.4) is 0 Å². The molecule has 1 heterocycles. The summed E-state index contributed by atoms with van der Waals surface area (Å²) in [5.41, 5.74) is 0.399. The molecule has 9 nitrogen and oxygen atoms in total. The molecule has 0 saturated heterocycles. The lowest BCUT2D eigenvalue weighted by atomic mass is 10.3. The van der Waals surface area contributed by atoms with Crippen LogP contribution in [0.25, 0.3) is 0 Å². The minimum Gasteiger partial charge on any atom is -0.379 e. The first kappa shape index (κ1) is 23.9. The molecule has 0 aliphatic heterocycles. The van der Waals surface area contributed by atoms with Crippen molar-refractivity contribution in [2.75, 3.05) is 10.0 Å². The Morgan fingerprint density at radius 2 is 1.40 bits per heavy atom. The summed E-state index contributed by atoms with van der Waals surface area (Å²) in [5.74, 6) is -0.356. The summed E-state index contributed by atoms with van der Waals surface area (Å²) in [6.45, 7) is 0. The summed E-state index contributed by atoms with van der Waals surface area (Å²) in [6.07, 6.45) is 1.49. The van der Waals surface area contributed by atoms with Crippen LogP contribution >= 0.6 is 0 Å². The van der Waals surface area contributed by atoms with Crippen molar-refractivity contribution in [3.05, 3.63) is 109 Å². The van der Waals surface area contributed by atoms with Gasteiger partial charge in [0.1, 0.15) is 16.3 Å². The summed E-state index contributed by atoms with van der Waals surface area (Å²) in [7, 11) is -8.49. The molecule has 0 atom stereocenters. The van der Waals surface area contributed by atoms with Crippen molar-refractivity contribution in [1.29, 1.82) is 0 Å².